The van der Waals surface area contributed by atoms with E-state index in [4.69, 9.17) is 4.74 Å². The second-order valence-corrected chi connectivity index (χ2v) is 5.75. The molecule has 0 aromatic heterocycles. The fraction of sp³-hybridized carbons (Fsp3) is 0.500. The highest BCUT2D eigenvalue weighted by Gasteiger charge is 2.27. The van der Waals surface area contributed by atoms with Gasteiger partial charge in [-0.25, -0.2) is 4.79 Å². The van der Waals surface area contributed by atoms with E-state index in [1.165, 1.54) is 0 Å². The third kappa shape index (κ3) is 3.91. The van der Waals surface area contributed by atoms with Crippen molar-refractivity contribution >= 4 is 11.8 Å². The van der Waals surface area contributed by atoms with Gasteiger partial charge in [0.25, 0.3) is 0 Å². The Hall–Kier alpha value is -1.64. The zero-order valence-corrected chi connectivity index (χ0v) is 12.3. The Morgan fingerprint density at radius 3 is 2.16 bits per heavy atom. The molecule has 0 N–H and O–H groups in total. The van der Waals surface area contributed by atoms with E-state index in [1.54, 1.807) is 24.3 Å². The first-order valence-corrected chi connectivity index (χ1v) is 6.62. The summed E-state index contributed by atoms with van der Waals surface area (Å²) < 4.78 is 5.30. The summed E-state index contributed by atoms with van der Waals surface area (Å²) in [6, 6.07) is 6.83. The number of hydrogen-bond acceptors (Lipinski definition) is 3. The second-order valence-electron chi connectivity index (χ2n) is 5.75. The number of esters is 1. The van der Waals surface area contributed by atoms with Crippen molar-refractivity contribution < 1.29 is 14.3 Å². The topological polar surface area (TPSA) is 43.4 Å². The summed E-state index contributed by atoms with van der Waals surface area (Å²) in [5, 5.41) is 0. The van der Waals surface area contributed by atoms with Crippen LogP contribution in [0.15, 0.2) is 24.3 Å². The molecular weight excluding hydrogens is 240 g/mol. The van der Waals surface area contributed by atoms with Gasteiger partial charge in [0.05, 0.1) is 11.7 Å². The smallest absolute Gasteiger partial charge is 0.339 e. The summed E-state index contributed by atoms with van der Waals surface area (Å²) in [4.78, 5) is 24.4. The van der Waals surface area contributed by atoms with Gasteiger partial charge in [-0.15, -0.1) is 0 Å². The van der Waals surface area contributed by atoms with Gasteiger partial charge in [-0.1, -0.05) is 45.9 Å². The zero-order chi connectivity index (χ0) is 14.6. The van der Waals surface area contributed by atoms with Crippen molar-refractivity contribution in [1.29, 1.82) is 0 Å². The molecule has 0 spiro atoms. The van der Waals surface area contributed by atoms with E-state index in [1.807, 2.05) is 34.6 Å². The predicted octanol–water partition coefficient (Wildman–Crippen LogP) is 3.87. The molecule has 1 aromatic rings. The van der Waals surface area contributed by atoms with Gasteiger partial charge in [-0.3, -0.25) is 4.79 Å². The largest absolute Gasteiger partial charge is 0.459 e. The van der Waals surface area contributed by atoms with Crippen LogP contribution in [0.3, 0.4) is 0 Å². The van der Waals surface area contributed by atoms with Crippen molar-refractivity contribution in [3.63, 3.8) is 0 Å². The molecule has 0 amide bonds. The molecule has 3 heteroatoms. The lowest BCUT2D eigenvalue weighted by Gasteiger charge is -2.19. The van der Waals surface area contributed by atoms with Gasteiger partial charge in [-0.2, -0.15) is 0 Å². The Morgan fingerprint density at radius 2 is 1.68 bits per heavy atom. The Kier molecular flexibility index (Phi) is 4.87. The number of carbonyl (C=O) groups excluding carboxylic acids is 2. The van der Waals surface area contributed by atoms with E-state index in [0.29, 0.717) is 11.1 Å². The molecule has 0 fully saturated rings. The molecule has 0 heterocycles. The van der Waals surface area contributed by atoms with E-state index in [-0.39, 0.29) is 11.9 Å². The molecule has 1 aromatic carbocycles. The molecule has 0 bridgehead atoms. The third-order valence-electron chi connectivity index (χ3n) is 2.96. The van der Waals surface area contributed by atoms with Crippen molar-refractivity contribution in [1.82, 2.24) is 0 Å². The van der Waals surface area contributed by atoms with E-state index in [2.05, 4.69) is 0 Å². The lowest BCUT2D eigenvalue weighted by Crippen LogP contribution is -2.24. The highest BCUT2D eigenvalue weighted by Crippen LogP contribution is 2.23. The predicted molar refractivity (Wildman–Crippen MR) is 75.4 cm³/mol. The van der Waals surface area contributed by atoms with Crippen LogP contribution in [-0.2, 0) is 4.74 Å². The lowest BCUT2D eigenvalue weighted by atomic mass is 9.85. The maximum absolute atomic E-state index is 12.3. The number of hydrogen-bond donors (Lipinski definition) is 0. The summed E-state index contributed by atoms with van der Waals surface area (Å²) in [6.07, 6.45) is 0.603. The number of Topliss-reactive ketones (excluding diaryl/α,β-unsaturated/α-hetero) is 1. The first-order valence-electron chi connectivity index (χ1n) is 6.62. The Bertz CT molecular complexity index is 469. The highest BCUT2D eigenvalue weighted by molar-refractivity contribution is 6.08. The van der Waals surface area contributed by atoms with Crippen LogP contribution in [0, 0.1) is 5.41 Å². The molecule has 1 atom stereocenters. The molecule has 1 rings (SSSR count). The monoisotopic (exact) mass is 262 g/mol. The normalized spacial score (nSPS) is 12.9. The number of ketones is 1. The van der Waals surface area contributed by atoms with Crippen LogP contribution in [-0.4, -0.2) is 17.9 Å². The Morgan fingerprint density at radius 1 is 1.16 bits per heavy atom. The van der Waals surface area contributed by atoms with E-state index in [0.717, 1.165) is 6.42 Å². The molecule has 0 aliphatic heterocycles. The SMILES string of the molecule is CCC(C)OC(=O)c1ccccc1C(=O)C(C)(C)C. The van der Waals surface area contributed by atoms with Crippen molar-refractivity contribution in [2.45, 2.75) is 47.1 Å². The molecule has 19 heavy (non-hydrogen) atoms. The van der Waals surface area contributed by atoms with Crippen molar-refractivity contribution in [3.05, 3.63) is 35.4 Å². The van der Waals surface area contributed by atoms with Crippen molar-refractivity contribution in [3.8, 4) is 0 Å². The highest BCUT2D eigenvalue weighted by atomic mass is 16.5. The van der Waals surface area contributed by atoms with Gasteiger partial charge in [0.15, 0.2) is 5.78 Å². The van der Waals surface area contributed by atoms with E-state index < -0.39 is 11.4 Å². The first kappa shape index (κ1) is 15.4. The minimum absolute atomic E-state index is 0.0517. The van der Waals surface area contributed by atoms with Crippen LogP contribution >= 0.6 is 0 Å². The molecular formula is C16H22O3. The third-order valence-corrected chi connectivity index (χ3v) is 2.96. The molecule has 104 valence electrons. The Balaban J connectivity index is 3.09. The fourth-order valence-corrected chi connectivity index (χ4v) is 1.59. The summed E-state index contributed by atoms with van der Waals surface area (Å²) in [6.45, 7) is 9.31. The standard InChI is InChI=1S/C16H22O3/c1-6-11(2)19-15(18)13-10-8-7-9-12(13)14(17)16(3,4)5/h7-11H,6H2,1-5H3. The quantitative estimate of drug-likeness (QED) is 0.611. The Labute approximate surface area is 115 Å². The molecule has 3 nitrogen and oxygen atoms in total. The maximum Gasteiger partial charge on any atom is 0.339 e. The summed E-state index contributed by atoms with van der Waals surface area (Å²) in [5.74, 6) is -0.480. The summed E-state index contributed by atoms with van der Waals surface area (Å²) in [7, 11) is 0. The van der Waals surface area contributed by atoms with Gasteiger partial charge >= 0.3 is 5.97 Å². The maximum atomic E-state index is 12.3. The number of benzene rings is 1. The van der Waals surface area contributed by atoms with Crippen LogP contribution < -0.4 is 0 Å². The number of rotatable bonds is 4. The minimum atomic E-state index is -0.521. The fourth-order valence-electron chi connectivity index (χ4n) is 1.59. The van der Waals surface area contributed by atoms with Crippen LogP contribution in [0.25, 0.3) is 0 Å². The first-order chi connectivity index (χ1) is 8.77. The molecule has 1 unspecified atom stereocenters. The molecule has 0 aliphatic carbocycles. The van der Waals surface area contributed by atoms with Crippen molar-refractivity contribution in [2.24, 2.45) is 5.41 Å². The lowest BCUT2D eigenvalue weighted by molar-refractivity contribution is 0.0331. The molecule has 0 saturated heterocycles. The van der Waals surface area contributed by atoms with Crippen molar-refractivity contribution in [2.75, 3.05) is 0 Å². The molecule has 0 saturated carbocycles. The average molecular weight is 262 g/mol. The van der Waals surface area contributed by atoms with Crippen LogP contribution in [0.4, 0.5) is 0 Å². The van der Waals surface area contributed by atoms with Gasteiger partial charge in [0.2, 0.25) is 0 Å². The summed E-state index contributed by atoms with van der Waals surface area (Å²) >= 11 is 0. The van der Waals surface area contributed by atoms with Gasteiger partial charge in [0.1, 0.15) is 0 Å². The van der Waals surface area contributed by atoms with Gasteiger partial charge < -0.3 is 4.74 Å². The van der Waals surface area contributed by atoms with E-state index >= 15 is 0 Å². The minimum Gasteiger partial charge on any atom is -0.459 e. The molecule has 0 radical (unpaired) electrons. The second kappa shape index (κ2) is 6.00. The van der Waals surface area contributed by atoms with Crippen LogP contribution in [0.1, 0.15) is 61.8 Å². The van der Waals surface area contributed by atoms with E-state index in [9.17, 15) is 9.59 Å². The number of carbonyl (C=O) groups is 2. The molecule has 0 aliphatic rings. The summed E-state index contributed by atoms with van der Waals surface area (Å²) in [5.41, 5.74) is 0.262. The average Bonchev–Trinajstić information content (AvgIpc) is 2.36. The van der Waals surface area contributed by atoms with Crippen LogP contribution in [0.5, 0.6) is 0 Å². The van der Waals surface area contributed by atoms with Crippen LogP contribution in [0.2, 0.25) is 0 Å². The van der Waals surface area contributed by atoms with Gasteiger partial charge in [0, 0.05) is 11.0 Å². The number of ether oxygens (including phenoxy) is 1. The van der Waals surface area contributed by atoms with Gasteiger partial charge in [-0.05, 0) is 19.4 Å². The zero-order valence-electron chi connectivity index (χ0n) is 12.3.